The monoisotopic (exact) mass is 399 g/mol. The highest BCUT2D eigenvalue weighted by Crippen LogP contribution is 2.44. The number of esters is 1. The van der Waals surface area contributed by atoms with Gasteiger partial charge in [0.25, 0.3) is 0 Å². The highest BCUT2D eigenvalue weighted by molar-refractivity contribution is 5.94. The van der Waals surface area contributed by atoms with Crippen LogP contribution in [0, 0.1) is 11.6 Å². The molecule has 2 N–H and O–H groups in total. The van der Waals surface area contributed by atoms with E-state index in [2.05, 4.69) is 0 Å². The summed E-state index contributed by atoms with van der Waals surface area (Å²) in [6.07, 6.45) is 0. The van der Waals surface area contributed by atoms with Crippen LogP contribution >= 0.6 is 0 Å². The summed E-state index contributed by atoms with van der Waals surface area (Å²) in [6.45, 7) is 1.64. The molecule has 0 radical (unpaired) electrons. The van der Waals surface area contributed by atoms with Crippen LogP contribution in [0.5, 0.6) is 5.75 Å². The van der Waals surface area contributed by atoms with Crippen molar-refractivity contribution in [2.24, 2.45) is 5.73 Å². The molecule has 1 aromatic heterocycles. The first-order valence-corrected chi connectivity index (χ1v) is 8.77. The predicted octanol–water partition coefficient (Wildman–Crippen LogP) is 3.33. The highest BCUT2D eigenvalue weighted by atomic mass is 19.2. The number of benzene rings is 2. The molecule has 0 bridgehead atoms. The maximum atomic E-state index is 14.0. The summed E-state index contributed by atoms with van der Waals surface area (Å²) >= 11 is 0. The van der Waals surface area contributed by atoms with E-state index in [-0.39, 0.29) is 40.5 Å². The van der Waals surface area contributed by atoms with E-state index < -0.39 is 29.1 Å². The van der Waals surface area contributed by atoms with Gasteiger partial charge in [-0.1, -0.05) is 18.2 Å². The summed E-state index contributed by atoms with van der Waals surface area (Å²) in [5.74, 6) is -4.39. The third-order valence-corrected chi connectivity index (χ3v) is 4.63. The minimum atomic E-state index is -1.16. The molecule has 0 fully saturated rings. The van der Waals surface area contributed by atoms with Gasteiger partial charge in [0.15, 0.2) is 17.4 Å². The third-order valence-electron chi connectivity index (χ3n) is 4.63. The summed E-state index contributed by atoms with van der Waals surface area (Å²) < 4.78 is 43.5. The standard InChI is InChI=1S/C21H15F2NO5/c1-2-27-20(25)17-15(10-7-8-12(22)13(23)9-10)16-18(29-19(17)24)11-5-3-4-6-14(11)28-21(16)26/h3-9,15H,2,24H2,1H3/t15-/m1/s1. The number of rotatable bonds is 3. The zero-order chi connectivity index (χ0) is 20.7. The van der Waals surface area contributed by atoms with Crippen LogP contribution < -0.4 is 16.1 Å². The van der Waals surface area contributed by atoms with Crippen LogP contribution in [0.2, 0.25) is 0 Å². The Kier molecular flexibility index (Phi) is 4.54. The van der Waals surface area contributed by atoms with Gasteiger partial charge >= 0.3 is 11.6 Å². The SMILES string of the molecule is CCOC(=O)C1=C(N)Oc2c(c(=O)oc3ccccc23)[C@H]1c1ccc(F)c(F)c1. The molecule has 0 aliphatic carbocycles. The molecule has 6 nitrogen and oxygen atoms in total. The Morgan fingerprint density at radius 1 is 1.17 bits per heavy atom. The number of carbonyl (C=O) groups excluding carboxylic acids is 1. The molecule has 8 heteroatoms. The van der Waals surface area contributed by atoms with Crippen LogP contribution in [0.25, 0.3) is 11.0 Å². The van der Waals surface area contributed by atoms with Crippen molar-refractivity contribution in [2.75, 3.05) is 6.61 Å². The molecule has 1 aliphatic rings. The average Bonchev–Trinajstić information content (AvgIpc) is 2.69. The van der Waals surface area contributed by atoms with E-state index in [1.54, 1.807) is 31.2 Å². The van der Waals surface area contributed by atoms with Gasteiger partial charge < -0.3 is 19.6 Å². The third kappa shape index (κ3) is 3.02. The van der Waals surface area contributed by atoms with Crippen LogP contribution in [-0.2, 0) is 9.53 Å². The molecule has 148 valence electrons. The van der Waals surface area contributed by atoms with E-state index >= 15 is 0 Å². The number of hydrogen-bond acceptors (Lipinski definition) is 6. The Balaban J connectivity index is 2.05. The molecule has 4 rings (SSSR count). The Morgan fingerprint density at radius 3 is 2.66 bits per heavy atom. The molecule has 0 amide bonds. The highest BCUT2D eigenvalue weighted by Gasteiger charge is 2.39. The minimum Gasteiger partial charge on any atom is -0.462 e. The van der Waals surface area contributed by atoms with Gasteiger partial charge in [-0.15, -0.1) is 0 Å². The molecule has 0 unspecified atom stereocenters. The molecule has 0 spiro atoms. The predicted molar refractivity (Wildman–Crippen MR) is 99.2 cm³/mol. The van der Waals surface area contributed by atoms with Gasteiger partial charge in [-0.25, -0.2) is 18.4 Å². The molecular weight excluding hydrogens is 384 g/mol. The van der Waals surface area contributed by atoms with Crippen LogP contribution in [0.1, 0.15) is 24.0 Å². The quantitative estimate of drug-likeness (QED) is 0.537. The Labute approximate surface area is 163 Å². The van der Waals surface area contributed by atoms with E-state index in [1.165, 1.54) is 6.07 Å². The zero-order valence-electron chi connectivity index (χ0n) is 15.2. The normalized spacial score (nSPS) is 15.8. The summed E-state index contributed by atoms with van der Waals surface area (Å²) in [4.78, 5) is 25.4. The van der Waals surface area contributed by atoms with E-state index in [0.717, 1.165) is 12.1 Å². The molecule has 2 heterocycles. The zero-order valence-corrected chi connectivity index (χ0v) is 15.2. The lowest BCUT2D eigenvalue weighted by molar-refractivity contribution is -0.139. The minimum absolute atomic E-state index is 0.0410. The smallest absolute Gasteiger partial charge is 0.344 e. The molecule has 2 aromatic carbocycles. The second-order valence-electron chi connectivity index (χ2n) is 6.34. The second kappa shape index (κ2) is 7.05. The van der Waals surface area contributed by atoms with E-state index in [1.807, 2.05) is 0 Å². The van der Waals surface area contributed by atoms with Gasteiger partial charge in [0.1, 0.15) is 11.2 Å². The van der Waals surface area contributed by atoms with Gasteiger partial charge in [0.2, 0.25) is 5.88 Å². The summed E-state index contributed by atoms with van der Waals surface area (Å²) in [7, 11) is 0. The number of nitrogens with two attached hydrogens (primary N) is 1. The molecule has 0 saturated carbocycles. The first-order chi connectivity index (χ1) is 13.9. The fraction of sp³-hybridized carbons (Fsp3) is 0.143. The van der Waals surface area contributed by atoms with Crippen molar-refractivity contribution in [2.45, 2.75) is 12.8 Å². The number of ether oxygens (including phenoxy) is 2. The van der Waals surface area contributed by atoms with Crippen molar-refractivity contribution >= 4 is 16.9 Å². The Morgan fingerprint density at radius 2 is 1.93 bits per heavy atom. The molecule has 1 atom stereocenters. The topological polar surface area (TPSA) is 91.8 Å². The van der Waals surface area contributed by atoms with Crippen LogP contribution in [0.4, 0.5) is 8.78 Å². The maximum absolute atomic E-state index is 14.0. The van der Waals surface area contributed by atoms with Gasteiger partial charge in [-0.3, -0.25) is 0 Å². The van der Waals surface area contributed by atoms with Crippen molar-refractivity contribution in [3.05, 3.63) is 87.1 Å². The van der Waals surface area contributed by atoms with E-state index in [9.17, 15) is 18.4 Å². The first kappa shape index (κ1) is 18.7. The van der Waals surface area contributed by atoms with Crippen molar-refractivity contribution in [1.29, 1.82) is 0 Å². The molecule has 0 saturated heterocycles. The Hall–Kier alpha value is -3.68. The van der Waals surface area contributed by atoms with Crippen molar-refractivity contribution in [1.82, 2.24) is 0 Å². The molecule has 29 heavy (non-hydrogen) atoms. The number of hydrogen-bond donors (Lipinski definition) is 1. The largest absolute Gasteiger partial charge is 0.462 e. The molecular formula is C21H15F2NO5. The van der Waals surface area contributed by atoms with E-state index in [4.69, 9.17) is 19.6 Å². The summed E-state index contributed by atoms with van der Waals surface area (Å²) in [5.41, 5.74) is 5.38. The number of halogens is 2. The van der Waals surface area contributed by atoms with E-state index in [0.29, 0.717) is 5.39 Å². The Bertz CT molecular complexity index is 1230. The molecule has 3 aromatic rings. The van der Waals surface area contributed by atoms with Gasteiger partial charge in [0, 0.05) is 0 Å². The summed E-state index contributed by atoms with van der Waals surface area (Å²) in [6, 6.07) is 9.68. The first-order valence-electron chi connectivity index (χ1n) is 8.77. The van der Waals surface area contributed by atoms with Gasteiger partial charge in [-0.2, -0.15) is 0 Å². The fourth-order valence-corrected chi connectivity index (χ4v) is 3.40. The second-order valence-corrected chi connectivity index (χ2v) is 6.34. The van der Waals surface area contributed by atoms with Gasteiger partial charge in [-0.05, 0) is 36.8 Å². The van der Waals surface area contributed by atoms with Crippen molar-refractivity contribution < 1.29 is 27.5 Å². The van der Waals surface area contributed by atoms with Gasteiger partial charge in [0.05, 0.1) is 23.5 Å². The lowest BCUT2D eigenvalue weighted by atomic mass is 9.83. The average molecular weight is 399 g/mol. The lowest BCUT2D eigenvalue weighted by Crippen LogP contribution is -2.31. The fourth-order valence-electron chi connectivity index (χ4n) is 3.40. The van der Waals surface area contributed by atoms with Crippen LogP contribution in [-0.4, -0.2) is 12.6 Å². The lowest BCUT2D eigenvalue weighted by Gasteiger charge is -2.28. The van der Waals surface area contributed by atoms with Crippen molar-refractivity contribution in [3.63, 3.8) is 0 Å². The maximum Gasteiger partial charge on any atom is 0.344 e. The van der Waals surface area contributed by atoms with Crippen molar-refractivity contribution in [3.8, 4) is 5.75 Å². The molecule has 1 aliphatic heterocycles. The van der Waals surface area contributed by atoms with Crippen LogP contribution in [0.3, 0.4) is 0 Å². The number of carbonyl (C=O) groups is 1. The number of para-hydroxylation sites is 1. The van der Waals surface area contributed by atoms with Crippen LogP contribution in [0.15, 0.2) is 63.1 Å². The summed E-state index contributed by atoms with van der Waals surface area (Å²) in [5, 5.41) is 0.445. The number of fused-ring (bicyclic) bond motifs is 3.